The van der Waals surface area contributed by atoms with Crippen LogP contribution >= 0.6 is 0 Å². The number of carbonyl (C=O) groups excluding carboxylic acids is 1. The van der Waals surface area contributed by atoms with Crippen molar-refractivity contribution < 1.29 is 9.53 Å². The van der Waals surface area contributed by atoms with Crippen molar-refractivity contribution in [2.24, 2.45) is 4.99 Å². The maximum Gasteiger partial charge on any atom is 0.411 e. The van der Waals surface area contributed by atoms with Gasteiger partial charge in [-0.2, -0.15) is 0 Å². The second-order valence-electron chi connectivity index (χ2n) is 14.6. The van der Waals surface area contributed by atoms with Gasteiger partial charge < -0.3 is 20.8 Å². The fourth-order valence-corrected chi connectivity index (χ4v) is 7.12. The number of amides is 1. The van der Waals surface area contributed by atoms with Gasteiger partial charge in [0, 0.05) is 35.3 Å². The van der Waals surface area contributed by atoms with Gasteiger partial charge in [0.1, 0.15) is 11.4 Å². The zero-order chi connectivity index (χ0) is 33.3. The Morgan fingerprint density at radius 3 is 2.66 bits per heavy atom. The monoisotopic (exact) mass is 634 g/mol. The Morgan fingerprint density at radius 1 is 1.09 bits per heavy atom. The highest BCUT2D eigenvalue weighted by molar-refractivity contribution is 6.00. The van der Waals surface area contributed by atoms with Crippen LogP contribution in [0.5, 0.6) is 0 Å². The lowest BCUT2D eigenvalue weighted by atomic mass is 9.96. The van der Waals surface area contributed by atoms with Crippen LogP contribution in [0.3, 0.4) is 0 Å². The molecule has 47 heavy (non-hydrogen) atoms. The summed E-state index contributed by atoms with van der Waals surface area (Å²) in [4.78, 5) is 28.1. The third-order valence-corrected chi connectivity index (χ3v) is 9.69. The standard InChI is InChI=1S/C39H50N6O2/c1-24-9-7-8-10-27(28-14-18-32-29(21-28)15-19-33(36(32)40)41-22-30-16-11-25(2)43-30)13-17-31(24)34-23-42-37(44-34)35-20-12-26(3)45(35)38(46)47-39(4,5)6/h13-15,17-19,21-23,25-26,30,35,43H,1,7-12,16,20,40H2,2-6H3,(H,42,44)/b27-13+,31-17?,41-22?/t25-,26-,30-,35-/m0/s1. The average Bonchev–Trinajstić information content (AvgIpc) is 3.77. The van der Waals surface area contributed by atoms with Gasteiger partial charge in [-0.3, -0.25) is 9.89 Å². The van der Waals surface area contributed by atoms with Crippen LogP contribution in [0, 0.1) is 0 Å². The number of rotatable bonds is 5. The molecule has 2 fully saturated rings. The van der Waals surface area contributed by atoms with E-state index < -0.39 is 5.60 Å². The molecule has 0 radical (unpaired) electrons. The lowest BCUT2D eigenvalue weighted by Gasteiger charge is -2.30. The molecule has 1 aromatic heterocycles. The number of hydrogen-bond acceptors (Lipinski definition) is 6. The number of nitrogen functional groups attached to an aromatic ring is 1. The fraction of sp³-hybridized carbons (Fsp3) is 0.462. The van der Waals surface area contributed by atoms with Gasteiger partial charge in [-0.15, -0.1) is 0 Å². The van der Waals surface area contributed by atoms with Crippen molar-refractivity contribution in [1.82, 2.24) is 20.2 Å². The van der Waals surface area contributed by atoms with E-state index in [1.165, 1.54) is 17.6 Å². The van der Waals surface area contributed by atoms with E-state index in [-0.39, 0.29) is 18.2 Å². The van der Waals surface area contributed by atoms with E-state index in [1.54, 1.807) is 0 Å². The Balaban J connectivity index is 1.25. The molecule has 3 heterocycles. The smallest absolute Gasteiger partial charge is 0.411 e. The molecule has 2 aliphatic heterocycles. The maximum atomic E-state index is 13.1. The van der Waals surface area contributed by atoms with Crippen LogP contribution < -0.4 is 11.1 Å². The Hall–Kier alpha value is -4.17. The molecule has 4 atom stereocenters. The summed E-state index contributed by atoms with van der Waals surface area (Å²) < 4.78 is 5.75. The minimum atomic E-state index is -0.553. The SMILES string of the molecule is C=C1CCCC/C(c2ccc3c(N)c(N=C[C@@H]4CC[C@H](C)N4)ccc3c2)=C\C=C1c1cnc([C@@H]2CC[C@H](C)N2C(=O)OC(C)(C)C)[nH]1. The molecular formula is C39H50N6O2. The molecular weight excluding hydrogens is 584 g/mol. The summed E-state index contributed by atoms with van der Waals surface area (Å²) in [6.45, 7) is 14.4. The van der Waals surface area contributed by atoms with Crippen LogP contribution in [0.25, 0.3) is 21.9 Å². The van der Waals surface area contributed by atoms with Crippen LogP contribution in [0.15, 0.2) is 65.8 Å². The number of imidazole rings is 1. The molecule has 248 valence electrons. The number of ether oxygens (including phenoxy) is 1. The topological polar surface area (TPSA) is 109 Å². The number of nitrogens with zero attached hydrogens (tertiary/aromatic N) is 3. The fourth-order valence-electron chi connectivity index (χ4n) is 7.12. The van der Waals surface area contributed by atoms with Crippen molar-refractivity contribution in [3.8, 4) is 0 Å². The van der Waals surface area contributed by atoms with Crippen molar-refractivity contribution in [1.29, 1.82) is 0 Å². The van der Waals surface area contributed by atoms with Gasteiger partial charge in [-0.25, -0.2) is 9.78 Å². The summed E-state index contributed by atoms with van der Waals surface area (Å²) in [7, 11) is 0. The number of aromatic amines is 1. The van der Waals surface area contributed by atoms with Crippen LogP contribution in [0.1, 0.15) is 109 Å². The normalized spacial score (nSPS) is 25.4. The molecule has 1 amide bonds. The minimum Gasteiger partial charge on any atom is -0.444 e. The Kier molecular flexibility index (Phi) is 9.42. The Labute approximate surface area is 279 Å². The minimum absolute atomic E-state index is 0.0859. The molecule has 6 rings (SSSR count). The summed E-state index contributed by atoms with van der Waals surface area (Å²) in [5.41, 5.74) is 13.1. The number of benzene rings is 2. The van der Waals surface area contributed by atoms with Crippen molar-refractivity contribution in [3.05, 3.63) is 77.9 Å². The molecule has 2 saturated heterocycles. The lowest BCUT2D eigenvalue weighted by Crippen LogP contribution is -2.40. The van der Waals surface area contributed by atoms with Crippen LogP contribution in [-0.2, 0) is 4.74 Å². The van der Waals surface area contributed by atoms with E-state index in [2.05, 4.69) is 67.1 Å². The predicted molar refractivity (Wildman–Crippen MR) is 194 cm³/mol. The number of anilines is 1. The quantitative estimate of drug-likeness (QED) is 0.192. The molecule has 3 aliphatic rings. The maximum absolute atomic E-state index is 13.1. The number of hydrogen-bond donors (Lipinski definition) is 3. The van der Waals surface area contributed by atoms with E-state index in [0.29, 0.717) is 12.1 Å². The number of allylic oxidation sites excluding steroid dienone is 5. The molecule has 8 heteroatoms. The molecule has 2 aromatic carbocycles. The zero-order valence-electron chi connectivity index (χ0n) is 28.6. The van der Waals surface area contributed by atoms with E-state index in [9.17, 15) is 4.79 Å². The lowest BCUT2D eigenvalue weighted by molar-refractivity contribution is 0.0151. The van der Waals surface area contributed by atoms with Crippen molar-refractivity contribution >= 4 is 45.6 Å². The van der Waals surface area contributed by atoms with E-state index in [1.807, 2.05) is 44.1 Å². The largest absolute Gasteiger partial charge is 0.444 e. The van der Waals surface area contributed by atoms with Gasteiger partial charge in [0.2, 0.25) is 0 Å². The van der Waals surface area contributed by atoms with E-state index >= 15 is 0 Å². The second-order valence-corrected chi connectivity index (χ2v) is 14.6. The number of H-pyrrole nitrogens is 1. The number of carbonyl (C=O) groups is 1. The van der Waals surface area contributed by atoms with Crippen LogP contribution in [0.2, 0.25) is 0 Å². The number of fused-ring (bicyclic) bond motifs is 1. The summed E-state index contributed by atoms with van der Waals surface area (Å²) in [5, 5.41) is 5.69. The summed E-state index contributed by atoms with van der Waals surface area (Å²) in [6.07, 6.45) is 16.1. The first-order valence-electron chi connectivity index (χ1n) is 17.3. The van der Waals surface area contributed by atoms with Crippen molar-refractivity contribution in [2.75, 3.05) is 5.73 Å². The molecule has 0 spiro atoms. The van der Waals surface area contributed by atoms with Gasteiger partial charge in [0.15, 0.2) is 0 Å². The first kappa shape index (κ1) is 32.8. The highest BCUT2D eigenvalue weighted by Crippen LogP contribution is 2.38. The van der Waals surface area contributed by atoms with E-state index in [0.717, 1.165) is 89.8 Å². The van der Waals surface area contributed by atoms with Crippen LogP contribution in [0.4, 0.5) is 16.2 Å². The Bertz CT molecular complexity index is 1740. The highest BCUT2D eigenvalue weighted by atomic mass is 16.6. The van der Waals surface area contributed by atoms with Gasteiger partial charge in [0.05, 0.1) is 29.3 Å². The predicted octanol–water partition coefficient (Wildman–Crippen LogP) is 9.05. The third-order valence-electron chi connectivity index (χ3n) is 9.69. The number of nitrogens with one attached hydrogen (secondary N) is 2. The summed E-state index contributed by atoms with van der Waals surface area (Å²) in [5.74, 6) is 0.790. The number of aliphatic imine (C=N–C) groups is 1. The molecule has 1 aliphatic carbocycles. The first-order valence-corrected chi connectivity index (χ1v) is 17.3. The van der Waals surface area contributed by atoms with Gasteiger partial charge in [0.25, 0.3) is 0 Å². The summed E-state index contributed by atoms with van der Waals surface area (Å²) >= 11 is 0. The van der Waals surface area contributed by atoms with Crippen molar-refractivity contribution in [2.45, 2.75) is 116 Å². The van der Waals surface area contributed by atoms with Gasteiger partial charge in [-0.05, 0) is 120 Å². The second kappa shape index (κ2) is 13.5. The van der Waals surface area contributed by atoms with Gasteiger partial charge >= 0.3 is 6.09 Å². The highest BCUT2D eigenvalue weighted by Gasteiger charge is 2.39. The molecule has 4 N–H and O–H groups in total. The molecule has 0 unspecified atom stereocenters. The van der Waals surface area contributed by atoms with E-state index in [4.69, 9.17) is 20.4 Å². The molecule has 3 aromatic rings. The van der Waals surface area contributed by atoms with Gasteiger partial charge in [-0.1, -0.05) is 36.9 Å². The average molecular weight is 635 g/mol. The molecule has 0 saturated carbocycles. The third kappa shape index (κ3) is 7.38. The number of likely N-dealkylation sites (tertiary alicyclic amines) is 1. The zero-order valence-corrected chi connectivity index (χ0v) is 28.6. The number of aromatic nitrogens is 2. The molecule has 8 nitrogen and oxygen atoms in total. The summed E-state index contributed by atoms with van der Waals surface area (Å²) in [6, 6.07) is 11.5. The first-order chi connectivity index (χ1) is 22.5. The Morgan fingerprint density at radius 2 is 1.89 bits per heavy atom. The van der Waals surface area contributed by atoms with Crippen LogP contribution in [-0.4, -0.2) is 50.9 Å². The number of nitrogens with two attached hydrogens (primary N) is 1. The molecule has 0 bridgehead atoms. The van der Waals surface area contributed by atoms with Crippen molar-refractivity contribution in [3.63, 3.8) is 0 Å².